The van der Waals surface area contributed by atoms with Crippen LogP contribution in [-0.4, -0.2) is 49.1 Å². The number of aromatic nitrogens is 2. The first kappa shape index (κ1) is 27.0. The fourth-order valence-corrected chi connectivity index (χ4v) is 6.17. The van der Waals surface area contributed by atoms with Gasteiger partial charge in [0.1, 0.15) is 35.3 Å². The van der Waals surface area contributed by atoms with Crippen molar-refractivity contribution in [2.75, 3.05) is 44.6 Å². The van der Waals surface area contributed by atoms with Gasteiger partial charge in [-0.05, 0) is 72.5 Å². The second-order valence-electron chi connectivity index (χ2n) is 11.2. The molecule has 9 heteroatoms. The van der Waals surface area contributed by atoms with Crippen molar-refractivity contribution < 1.29 is 18.9 Å². The number of fused-ring (bicyclic) bond motifs is 3. The number of ether oxygens (including phenoxy) is 4. The lowest BCUT2D eigenvalue weighted by Gasteiger charge is -2.59. The van der Waals surface area contributed by atoms with Crippen molar-refractivity contribution >= 4 is 22.3 Å². The molecule has 214 valence electrons. The van der Waals surface area contributed by atoms with Gasteiger partial charge in [0.25, 0.3) is 5.56 Å². The highest BCUT2D eigenvalue weighted by atomic mass is 16.5. The second kappa shape index (κ2) is 11.0. The molecule has 0 spiro atoms. The molecule has 2 aliphatic heterocycles. The molecule has 2 saturated heterocycles. The molecule has 9 nitrogen and oxygen atoms in total. The van der Waals surface area contributed by atoms with Crippen LogP contribution in [0.15, 0.2) is 71.8 Å². The Morgan fingerprint density at radius 1 is 1.00 bits per heavy atom. The number of methoxy groups -OCH3 is 2. The summed E-state index contributed by atoms with van der Waals surface area (Å²) in [4.78, 5) is 16.5. The van der Waals surface area contributed by atoms with Crippen LogP contribution in [0, 0.1) is 5.41 Å². The summed E-state index contributed by atoms with van der Waals surface area (Å²) in [5, 5.41) is 9.33. The number of pyridine rings is 2. The Morgan fingerprint density at radius 3 is 2.68 bits per heavy atom. The molecule has 3 aliphatic rings. The molecule has 0 radical (unpaired) electrons. The van der Waals surface area contributed by atoms with Crippen LogP contribution in [0.5, 0.6) is 17.2 Å². The topological polar surface area (TPSA) is 95.9 Å². The van der Waals surface area contributed by atoms with E-state index in [1.54, 1.807) is 27.5 Å². The summed E-state index contributed by atoms with van der Waals surface area (Å²) < 4.78 is 24.5. The Hall–Kier alpha value is -4.24. The zero-order valence-electron chi connectivity index (χ0n) is 23.7. The zero-order chi connectivity index (χ0) is 28.5. The second-order valence-corrected chi connectivity index (χ2v) is 11.2. The quantitative estimate of drug-likeness (QED) is 0.267. The van der Waals surface area contributed by atoms with E-state index in [0.717, 1.165) is 71.8 Å². The van der Waals surface area contributed by atoms with Crippen molar-refractivity contribution in [3.63, 3.8) is 0 Å². The third-order valence-electron chi connectivity index (χ3n) is 8.39. The van der Waals surface area contributed by atoms with Crippen LogP contribution in [-0.2, 0) is 18.3 Å². The number of aryl methyl sites for hydroxylation is 1. The number of rotatable bonds is 11. The highest BCUT2D eigenvalue weighted by molar-refractivity contribution is 5.93. The molecule has 0 amide bonds. The van der Waals surface area contributed by atoms with Crippen molar-refractivity contribution in [3.05, 3.63) is 82.9 Å². The van der Waals surface area contributed by atoms with E-state index in [2.05, 4.69) is 33.8 Å². The first-order valence-electron chi connectivity index (χ1n) is 13.9. The molecule has 2 aromatic carbocycles. The van der Waals surface area contributed by atoms with E-state index in [1.807, 2.05) is 36.5 Å². The summed E-state index contributed by atoms with van der Waals surface area (Å²) in [6.45, 7) is 2.64. The average Bonchev–Trinajstić information content (AvgIpc) is 2.99. The molecule has 4 aromatic rings. The van der Waals surface area contributed by atoms with Crippen LogP contribution in [0.3, 0.4) is 0 Å². The summed E-state index contributed by atoms with van der Waals surface area (Å²) in [5.41, 5.74) is 1.94. The van der Waals surface area contributed by atoms with Gasteiger partial charge in [-0.3, -0.25) is 4.79 Å². The van der Waals surface area contributed by atoms with E-state index in [9.17, 15) is 4.79 Å². The van der Waals surface area contributed by atoms with Gasteiger partial charge in [-0.1, -0.05) is 0 Å². The number of nitrogens with one attached hydrogen (secondary N) is 2. The Morgan fingerprint density at radius 2 is 1.88 bits per heavy atom. The molecule has 0 unspecified atom stereocenters. The van der Waals surface area contributed by atoms with E-state index in [0.29, 0.717) is 18.9 Å². The molecular weight excluding hydrogens is 520 g/mol. The summed E-state index contributed by atoms with van der Waals surface area (Å²) >= 11 is 0. The Labute approximate surface area is 239 Å². The van der Waals surface area contributed by atoms with Gasteiger partial charge in [-0.2, -0.15) is 0 Å². The minimum atomic E-state index is -0.275. The Bertz CT molecular complexity index is 1610. The normalized spacial score (nSPS) is 21.1. The maximum Gasteiger partial charge on any atom is 0.253 e. The van der Waals surface area contributed by atoms with Gasteiger partial charge in [0.2, 0.25) is 0 Å². The van der Waals surface area contributed by atoms with E-state index >= 15 is 0 Å². The van der Waals surface area contributed by atoms with Gasteiger partial charge in [0.15, 0.2) is 0 Å². The monoisotopic (exact) mass is 556 g/mol. The van der Waals surface area contributed by atoms with Crippen molar-refractivity contribution in [1.29, 1.82) is 0 Å². The van der Waals surface area contributed by atoms with E-state index in [1.165, 1.54) is 10.6 Å². The standard InChI is InChI=1S/C32H36N4O5/c1-36-12-9-26(16-29(36)37)40-21-32-18-31(19-32,10-13-41-32)20-35-24-5-7-27-22(14-24)8-11-33-30(27)34-17-23-4-6-25(38-2)15-28(23)39-3/h4-9,11-12,14-16,35H,10,13,17-21H2,1-3H3,(H,33,34). The van der Waals surface area contributed by atoms with Crippen molar-refractivity contribution in [1.82, 2.24) is 9.55 Å². The average molecular weight is 557 g/mol. The fraction of sp³-hybridized carbons (Fsp3) is 0.375. The summed E-state index contributed by atoms with van der Waals surface area (Å²) in [5.74, 6) is 2.95. The molecule has 2 N–H and O–H groups in total. The smallest absolute Gasteiger partial charge is 0.253 e. The van der Waals surface area contributed by atoms with Crippen LogP contribution in [0.2, 0.25) is 0 Å². The van der Waals surface area contributed by atoms with Crippen LogP contribution in [0.25, 0.3) is 10.8 Å². The molecule has 1 aliphatic carbocycles. The van der Waals surface area contributed by atoms with E-state index in [4.69, 9.17) is 18.9 Å². The third kappa shape index (κ3) is 5.54. The van der Waals surface area contributed by atoms with E-state index in [-0.39, 0.29) is 16.6 Å². The van der Waals surface area contributed by atoms with E-state index < -0.39 is 0 Å². The Balaban J connectivity index is 1.07. The lowest BCUT2D eigenvalue weighted by Crippen LogP contribution is -2.63. The number of hydrogen-bond donors (Lipinski definition) is 2. The number of benzene rings is 2. The molecule has 7 rings (SSSR count). The molecule has 41 heavy (non-hydrogen) atoms. The van der Waals surface area contributed by atoms with Gasteiger partial charge in [0, 0.05) is 67.9 Å². The van der Waals surface area contributed by atoms with Gasteiger partial charge in [-0.25, -0.2) is 4.98 Å². The van der Waals surface area contributed by atoms with Crippen molar-refractivity contribution in [2.24, 2.45) is 12.5 Å². The number of hydrogen-bond acceptors (Lipinski definition) is 8. The van der Waals surface area contributed by atoms with Crippen LogP contribution in [0.4, 0.5) is 11.5 Å². The minimum absolute atomic E-state index is 0.0803. The zero-order valence-corrected chi connectivity index (χ0v) is 23.7. The molecule has 0 atom stereocenters. The molecule has 1 saturated carbocycles. The first-order chi connectivity index (χ1) is 19.9. The van der Waals surface area contributed by atoms with Crippen LogP contribution >= 0.6 is 0 Å². The maximum atomic E-state index is 11.9. The van der Waals surface area contributed by atoms with Crippen LogP contribution < -0.4 is 30.4 Å². The SMILES string of the molecule is COc1ccc(CNc2nccc3cc(NCC45CCOC(COc6ccn(C)c(=O)c6)(C4)C5)ccc23)c(OC)c1. The predicted molar refractivity (Wildman–Crippen MR) is 159 cm³/mol. The van der Waals surface area contributed by atoms with Crippen molar-refractivity contribution in [2.45, 2.75) is 31.4 Å². The highest BCUT2D eigenvalue weighted by Crippen LogP contribution is 2.56. The molecule has 4 heterocycles. The molecular formula is C32H36N4O5. The minimum Gasteiger partial charge on any atom is -0.497 e. The van der Waals surface area contributed by atoms with Gasteiger partial charge in [0.05, 0.1) is 14.2 Å². The van der Waals surface area contributed by atoms with Crippen molar-refractivity contribution in [3.8, 4) is 17.2 Å². The predicted octanol–water partition coefficient (Wildman–Crippen LogP) is 4.99. The summed E-state index contributed by atoms with van der Waals surface area (Å²) in [6.07, 6.45) is 6.47. The molecule has 3 fully saturated rings. The number of anilines is 2. The molecule has 2 aromatic heterocycles. The Kier molecular flexibility index (Phi) is 7.21. The van der Waals surface area contributed by atoms with Gasteiger partial charge in [-0.15, -0.1) is 0 Å². The summed E-state index contributed by atoms with van der Waals surface area (Å²) in [7, 11) is 5.04. The molecule has 2 bridgehead atoms. The fourth-order valence-electron chi connectivity index (χ4n) is 6.17. The first-order valence-corrected chi connectivity index (χ1v) is 13.9. The van der Waals surface area contributed by atoms with Gasteiger partial charge < -0.3 is 34.1 Å². The largest absolute Gasteiger partial charge is 0.497 e. The highest BCUT2D eigenvalue weighted by Gasteiger charge is 2.58. The summed E-state index contributed by atoms with van der Waals surface area (Å²) in [6, 6.07) is 17.6. The third-order valence-corrected chi connectivity index (χ3v) is 8.39. The lowest BCUT2D eigenvalue weighted by molar-refractivity contribution is -0.231. The van der Waals surface area contributed by atoms with Gasteiger partial charge >= 0.3 is 0 Å². The lowest BCUT2D eigenvalue weighted by atomic mass is 9.56. The maximum absolute atomic E-state index is 11.9. The van der Waals surface area contributed by atoms with Crippen LogP contribution in [0.1, 0.15) is 24.8 Å². The number of nitrogens with zero attached hydrogens (tertiary/aromatic N) is 2.